The van der Waals surface area contributed by atoms with Gasteiger partial charge in [0.15, 0.2) is 0 Å². The van der Waals surface area contributed by atoms with E-state index in [1.54, 1.807) is 0 Å². The van der Waals surface area contributed by atoms with Gasteiger partial charge in [0.1, 0.15) is 0 Å². The summed E-state index contributed by atoms with van der Waals surface area (Å²) in [6, 6.07) is 95.7. The molecule has 0 spiro atoms. The Morgan fingerprint density at radius 3 is 1.22 bits per heavy atom. The van der Waals surface area contributed by atoms with E-state index in [0.717, 1.165) is 0 Å². The summed E-state index contributed by atoms with van der Waals surface area (Å²) in [5.74, 6) is 0. The van der Waals surface area contributed by atoms with Crippen LogP contribution in [-0.4, -0.2) is 22.4 Å². The predicted molar refractivity (Wildman–Crippen MR) is 286 cm³/mol. The summed E-state index contributed by atoms with van der Waals surface area (Å²) in [6.07, 6.45) is 0. The Kier molecular flexibility index (Phi) is 8.50. The second-order valence-corrected chi connectivity index (χ2v) is 25.9. The molecule has 3 heteroatoms. The predicted octanol–water partition coefficient (Wildman–Crippen LogP) is 13.7. The quantitative estimate of drug-likeness (QED) is 0.147. The Bertz CT molecular complexity index is 4050. The van der Waals surface area contributed by atoms with Gasteiger partial charge in [-0.05, 0) is 0 Å². The fraction of sp³-hybridized carbons (Fsp3) is 0. The van der Waals surface area contributed by atoms with Crippen molar-refractivity contribution in [2.75, 3.05) is 0 Å². The van der Waals surface area contributed by atoms with E-state index in [9.17, 15) is 0 Å². The van der Waals surface area contributed by atoms with Crippen molar-refractivity contribution in [2.24, 2.45) is 0 Å². The third-order valence-electron chi connectivity index (χ3n) is 14.6. The van der Waals surface area contributed by atoms with E-state index in [2.05, 4.69) is 264 Å². The van der Waals surface area contributed by atoms with Crippen LogP contribution >= 0.6 is 0 Å². The number of hydrogen-bond donors (Lipinski definition) is 0. The molecule has 3 heterocycles. The van der Waals surface area contributed by atoms with Crippen LogP contribution in [0.25, 0.3) is 99.1 Å². The van der Waals surface area contributed by atoms with Gasteiger partial charge in [0.2, 0.25) is 0 Å². The maximum atomic E-state index is 2.57. The molecule has 67 heavy (non-hydrogen) atoms. The Morgan fingerprint density at radius 1 is 0.254 bits per heavy atom. The third kappa shape index (κ3) is 5.70. The number of hydrogen-bond acceptors (Lipinski definition) is 0. The second kappa shape index (κ2) is 14.9. The van der Waals surface area contributed by atoms with Crippen LogP contribution in [0.1, 0.15) is 0 Å². The van der Waals surface area contributed by atoms with Crippen LogP contribution < -0.4 is 17.6 Å². The molecule has 0 aliphatic carbocycles. The number of rotatable bonds is 6. The fourth-order valence-corrected chi connectivity index (χ4v) is 22.6. The zero-order valence-electron chi connectivity index (χ0n) is 36.6. The number of fused-ring (bicyclic) bond motifs is 10. The average molecular weight is 912 g/mol. The Hall–Kier alpha value is -8.18. The van der Waals surface area contributed by atoms with Gasteiger partial charge < -0.3 is 0 Å². The monoisotopic (exact) mass is 912 g/mol. The van der Waals surface area contributed by atoms with Crippen LogP contribution in [0.2, 0.25) is 0 Å². The SMILES string of the molecule is c1ccc(-n2c3ccccc3c3cc(-c4ccc5[c](c4)[Ge]([c]4ccccc4)([c]4ccccc4)[c]4cc(-c6ccc7c(c6)c6ccccc6n7-c6ccc7ccccc7c6)ccc4-5)ccc32)cc1. The average Bonchev–Trinajstić information content (AvgIpc) is 4.02. The van der Waals surface area contributed by atoms with Crippen molar-refractivity contribution in [1.29, 1.82) is 0 Å². The summed E-state index contributed by atoms with van der Waals surface area (Å²) in [5.41, 5.74) is 14.9. The van der Waals surface area contributed by atoms with E-state index >= 15 is 0 Å². The first-order valence-electron chi connectivity index (χ1n) is 23.2. The van der Waals surface area contributed by atoms with Crippen LogP contribution in [-0.2, 0) is 0 Å². The molecule has 11 aromatic carbocycles. The number of nitrogens with zero attached hydrogens (tertiary/aromatic N) is 2. The van der Waals surface area contributed by atoms with Gasteiger partial charge in [-0.1, -0.05) is 18.2 Å². The molecule has 14 rings (SSSR count). The van der Waals surface area contributed by atoms with Gasteiger partial charge in [-0.3, -0.25) is 0 Å². The molecule has 0 saturated heterocycles. The van der Waals surface area contributed by atoms with E-state index < -0.39 is 13.3 Å². The summed E-state index contributed by atoms with van der Waals surface area (Å²) in [5, 5.41) is 7.55. The molecule has 0 unspecified atom stereocenters. The van der Waals surface area contributed by atoms with Crippen molar-refractivity contribution >= 4 is 85.2 Å². The maximum absolute atomic E-state index is 3.66. The summed E-state index contributed by atoms with van der Waals surface area (Å²) in [6.45, 7) is 0. The molecule has 2 aromatic heterocycles. The molecule has 0 saturated carbocycles. The molecule has 0 atom stereocenters. The fourth-order valence-electron chi connectivity index (χ4n) is 11.6. The molecule has 1 aliphatic heterocycles. The van der Waals surface area contributed by atoms with E-state index in [1.807, 2.05) is 0 Å². The van der Waals surface area contributed by atoms with Crippen LogP contribution in [0.3, 0.4) is 0 Å². The first kappa shape index (κ1) is 38.1. The summed E-state index contributed by atoms with van der Waals surface area (Å²) < 4.78 is 10.7. The molecule has 1 aliphatic rings. The molecule has 0 radical (unpaired) electrons. The van der Waals surface area contributed by atoms with Crippen molar-refractivity contribution in [3.63, 3.8) is 0 Å². The Morgan fingerprint density at radius 2 is 0.672 bits per heavy atom. The Labute approximate surface area is 391 Å². The van der Waals surface area contributed by atoms with Crippen molar-refractivity contribution in [3.05, 3.63) is 255 Å². The summed E-state index contributed by atoms with van der Waals surface area (Å²) >= 11 is -3.66. The van der Waals surface area contributed by atoms with E-state index in [-0.39, 0.29) is 0 Å². The zero-order chi connectivity index (χ0) is 44.1. The normalized spacial score (nSPS) is 12.9. The van der Waals surface area contributed by atoms with Crippen LogP contribution in [0, 0.1) is 0 Å². The van der Waals surface area contributed by atoms with Crippen molar-refractivity contribution in [2.45, 2.75) is 0 Å². The van der Waals surface area contributed by atoms with Gasteiger partial charge >= 0.3 is 376 Å². The minimum absolute atomic E-state index is 1.17. The molecule has 312 valence electrons. The molecular formula is C64H42GeN2. The number of benzene rings is 11. The standard InChI is InChI=1S/C64H42GeN2/c1-4-18-49(19-5-1)65(50-20-6-2-7-21-50)59-41-47(45-31-36-63-57(39-45)55-24-12-14-26-61(55)66(63)51-22-8-3-9-23-51)29-34-53(59)54-35-30-48(42-60(54)65)46-32-37-64-58(40-46)56-25-13-15-27-62(56)67(64)52-33-28-43-16-10-11-17-44(43)38-52/h1-42H. The number of para-hydroxylation sites is 3. The van der Waals surface area contributed by atoms with Crippen LogP contribution in [0.15, 0.2) is 255 Å². The zero-order valence-corrected chi connectivity index (χ0v) is 38.7. The van der Waals surface area contributed by atoms with Gasteiger partial charge in [0, 0.05) is 0 Å². The summed E-state index contributed by atoms with van der Waals surface area (Å²) in [7, 11) is 0. The third-order valence-corrected chi connectivity index (χ3v) is 24.7. The topological polar surface area (TPSA) is 9.86 Å². The number of aromatic nitrogens is 2. The minimum atomic E-state index is -3.66. The molecule has 0 bridgehead atoms. The van der Waals surface area contributed by atoms with Crippen molar-refractivity contribution in [1.82, 2.24) is 9.13 Å². The van der Waals surface area contributed by atoms with Gasteiger partial charge in [-0.15, -0.1) is 0 Å². The van der Waals surface area contributed by atoms with E-state index in [4.69, 9.17) is 0 Å². The molecule has 2 nitrogen and oxygen atoms in total. The molecule has 0 N–H and O–H groups in total. The van der Waals surface area contributed by atoms with E-state index in [0.29, 0.717) is 0 Å². The van der Waals surface area contributed by atoms with Crippen molar-refractivity contribution < 1.29 is 0 Å². The molecule has 0 amide bonds. The van der Waals surface area contributed by atoms with Gasteiger partial charge in [0.05, 0.1) is 0 Å². The Balaban J connectivity index is 0.960. The molecule has 13 aromatic rings. The first-order valence-corrected chi connectivity index (χ1v) is 27.4. The second-order valence-electron chi connectivity index (χ2n) is 18.0. The molecule has 0 fully saturated rings. The van der Waals surface area contributed by atoms with Gasteiger partial charge in [-0.25, -0.2) is 0 Å². The summed E-state index contributed by atoms with van der Waals surface area (Å²) in [4.78, 5) is 0. The van der Waals surface area contributed by atoms with Crippen molar-refractivity contribution in [3.8, 4) is 44.8 Å². The first-order chi connectivity index (χ1) is 33.2. The van der Waals surface area contributed by atoms with E-state index in [1.165, 1.54) is 117 Å². The van der Waals surface area contributed by atoms with Gasteiger partial charge in [-0.2, -0.15) is 0 Å². The van der Waals surface area contributed by atoms with Gasteiger partial charge in [0.25, 0.3) is 0 Å². The van der Waals surface area contributed by atoms with Crippen LogP contribution in [0.5, 0.6) is 0 Å². The molecular weight excluding hydrogens is 869 g/mol. The van der Waals surface area contributed by atoms with Crippen LogP contribution in [0.4, 0.5) is 0 Å².